The van der Waals surface area contributed by atoms with Gasteiger partial charge in [-0.05, 0) is 94.9 Å². The number of ketones is 2. The van der Waals surface area contributed by atoms with Crippen LogP contribution in [0.4, 0.5) is 0 Å². The van der Waals surface area contributed by atoms with Crippen molar-refractivity contribution in [2.24, 2.45) is 10.8 Å². The van der Waals surface area contributed by atoms with Gasteiger partial charge in [0.1, 0.15) is 34.1 Å². The highest BCUT2D eigenvalue weighted by Crippen LogP contribution is 2.39. The maximum atomic E-state index is 13.1. The number of methoxy groups -OCH3 is 4. The van der Waals surface area contributed by atoms with Crippen molar-refractivity contribution in [3.8, 4) is 34.4 Å². The molecule has 0 amide bonds. The SMILES string of the molecule is COc1ccc(OC)c(-n2c3c(cc(C(=O)Cl)c2=O)C(=O)CC(C)(C)C3)c1.COc1ccc(OC)c(-n2c3c(cc(C(=O)O)c2=O)C(=O)CC(C)(C)C3)c1.O=C(Cl)C(=O)Cl. The molecular weight excluding hydrogens is 847 g/mol. The molecule has 1 N–H and O–H groups in total. The van der Waals surface area contributed by atoms with E-state index in [1.54, 1.807) is 36.4 Å². The number of carboxylic acids is 1. The first-order valence-corrected chi connectivity index (χ1v) is 19.1. The third-order valence-electron chi connectivity index (χ3n) is 9.63. The Balaban J connectivity index is 0.000000233. The van der Waals surface area contributed by atoms with Crippen molar-refractivity contribution in [3.63, 3.8) is 0 Å². The average Bonchev–Trinajstić information content (AvgIpc) is 3.16. The van der Waals surface area contributed by atoms with Crippen LogP contribution in [0.25, 0.3) is 11.4 Å². The molecule has 15 nitrogen and oxygen atoms in total. The number of halogens is 3. The summed E-state index contributed by atoms with van der Waals surface area (Å²) in [6.45, 7) is 7.81. The molecule has 4 aromatic rings. The quantitative estimate of drug-likeness (QED) is 0.139. The van der Waals surface area contributed by atoms with Crippen LogP contribution < -0.4 is 30.1 Å². The van der Waals surface area contributed by atoms with Gasteiger partial charge in [0, 0.05) is 47.5 Å². The number of fused-ring (bicyclic) bond motifs is 2. The van der Waals surface area contributed by atoms with Crippen LogP contribution >= 0.6 is 34.8 Å². The summed E-state index contributed by atoms with van der Waals surface area (Å²) in [7, 11) is 5.94. The smallest absolute Gasteiger partial charge is 0.341 e. The Morgan fingerprint density at radius 3 is 1.25 bits per heavy atom. The summed E-state index contributed by atoms with van der Waals surface area (Å²) in [6.07, 6.45) is 1.54. The van der Waals surface area contributed by atoms with Gasteiger partial charge in [-0.15, -0.1) is 0 Å². The molecular formula is C42H41Cl3N2O13. The van der Waals surface area contributed by atoms with Gasteiger partial charge in [0.05, 0.1) is 39.8 Å². The third-order valence-corrected chi connectivity index (χ3v) is 10.3. The summed E-state index contributed by atoms with van der Waals surface area (Å²) in [5, 5.41) is 6.28. The van der Waals surface area contributed by atoms with Crippen LogP contribution in [-0.2, 0) is 22.4 Å². The number of hydrogen-bond acceptors (Lipinski definition) is 12. The first-order chi connectivity index (χ1) is 28.0. The first-order valence-electron chi connectivity index (χ1n) is 17.9. The van der Waals surface area contributed by atoms with Gasteiger partial charge in [0.25, 0.3) is 16.4 Å². The minimum absolute atomic E-state index is 0.129. The molecule has 0 fully saturated rings. The molecule has 0 saturated heterocycles. The highest BCUT2D eigenvalue weighted by molar-refractivity contribution is 6.97. The van der Waals surface area contributed by atoms with Gasteiger partial charge < -0.3 is 24.1 Å². The van der Waals surface area contributed by atoms with Crippen LogP contribution in [0.2, 0.25) is 0 Å². The fourth-order valence-corrected chi connectivity index (χ4v) is 7.11. The van der Waals surface area contributed by atoms with E-state index in [0.717, 1.165) is 0 Å². The summed E-state index contributed by atoms with van der Waals surface area (Å²) in [5.41, 5.74) is -0.322. The minimum atomic E-state index is -1.38. The molecule has 2 aliphatic carbocycles. The molecule has 318 valence electrons. The lowest BCUT2D eigenvalue weighted by molar-refractivity contribution is -0.127. The fraction of sp³-hybridized carbons (Fsp3) is 0.333. The predicted molar refractivity (Wildman–Crippen MR) is 222 cm³/mol. The van der Waals surface area contributed by atoms with Crippen LogP contribution in [0, 0.1) is 10.8 Å². The number of rotatable bonds is 9. The van der Waals surface area contributed by atoms with Crippen LogP contribution in [0.3, 0.4) is 0 Å². The van der Waals surface area contributed by atoms with Crippen molar-refractivity contribution in [3.05, 3.63) is 103 Å². The Bertz CT molecular complexity index is 2380. The number of pyridine rings is 2. The highest BCUT2D eigenvalue weighted by atomic mass is 35.5. The van der Waals surface area contributed by atoms with Crippen molar-refractivity contribution >= 4 is 68.1 Å². The van der Waals surface area contributed by atoms with Crippen molar-refractivity contribution in [2.45, 2.75) is 53.4 Å². The number of hydrogen-bond donors (Lipinski definition) is 1. The summed E-state index contributed by atoms with van der Waals surface area (Å²) in [4.78, 5) is 93.9. The molecule has 18 heteroatoms. The minimum Gasteiger partial charge on any atom is -0.497 e. The Kier molecular flexibility index (Phi) is 14.6. The molecule has 2 aliphatic rings. The molecule has 0 spiro atoms. The summed E-state index contributed by atoms with van der Waals surface area (Å²) < 4.78 is 23.9. The van der Waals surface area contributed by atoms with Gasteiger partial charge in [-0.2, -0.15) is 0 Å². The van der Waals surface area contributed by atoms with Crippen molar-refractivity contribution in [1.29, 1.82) is 0 Å². The first kappa shape index (κ1) is 46.9. The Morgan fingerprint density at radius 1 is 0.567 bits per heavy atom. The van der Waals surface area contributed by atoms with Gasteiger partial charge in [0.2, 0.25) is 0 Å². The fourth-order valence-electron chi connectivity index (χ4n) is 6.98. The Morgan fingerprint density at radius 2 is 0.933 bits per heavy atom. The van der Waals surface area contributed by atoms with Crippen LogP contribution in [0.15, 0.2) is 58.1 Å². The van der Waals surface area contributed by atoms with Crippen LogP contribution in [0.5, 0.6) is 23.0 Å². The second-order valence-corrected chi connectivity index (χ2v) is 16.2. The highest BCUT2D eigenvalue weighted by Gasteiger charge is 2.37. The Hall–Kier alpha value is -5.77. The summed E-state index contributed by atoms with van der Waals surface area (Å²) >= 11 is 14.6. The topological polar surface area (TPSA) is 204 Å². The summed E-state index contributed by atoms with van der Waals surface area (Å²) in [6, 6.07) is 12.4. The molecule has 2 aromatic carbocycles. The molecule has 0 radical (unpaired) electrons. The second-order valence-electron chi connectivity index (χ2n) is 15.2. The van der Waals surface area contributed by atoms with E-state index in [1.165, 1.54) is 49.7 Å². The number of carbonyl (C=O) groups is 6. The molecule has 0 atom stereocenters. The number of benzene rings is 2. The number of carboxylic acid groups (broad SMARTS) is 1. The lowest BCUT2D eigenvalue weighted by Crippen LogP contribution is -2.36. The van der Waals surface area contributed by atoms with E-state index in [-0.39, 0.29) is 39.9 Å². The monoisotopic (exact) mass is 886 g/mol. The maximum absolute atomic E-state index is 13.1. The number of aromatic nitrogens is 2. The second kappa shape index (κ2) is 18.7. The van der Waals surface area contributed by atoms with Crippen molar-refractivity contribution < 1.29 is 52.8 Å². The Labute approximate surface area is 358 Å². The average molecular weight is 888 g/mol. The number of Topliss-reactive ketones (excluding diaryl/α,β-unsaturated/α-hetero) is 2. The molecule has 2 aromatic heterocycles. The van der Waals surface area contributed by atoms with Gasteiger partial charge in [-0.1, -0.05) is 27.7 Å². The normalized spacial score (nSPS) is 14.4. The molecule has 0 bridgehead atoms. The predicted octanol–water partition coefficient (Wildman–Crippen LogP) is 6.61. The van der Waals surface area contributed by atoms with Crippen LogP contribution in [0.1, 0.15) is 93.4 Å². The van der Waals surface area contributed by atoms with Crippen molar-refractivity contribution in [2.75, 3.05) is 28.4 Å². The van der Waals surface area contributed by atoms with E-state index < -0.39 is 38.4 Å². The standard InChI is InChI=1S/C20H20ClNO5.C20H21NO6.C2Cl2O2/c1-20(2)9-15-12(16(23)10-20)8-13(18(21)24)19(25)22(15)14-7-11(26-3)5-6-17(14)27-4;1-20(2)9-15-12(16(22)10-20)8-13(19(24)25)18(23)21(15)14-7-11(26-3)5-6-17(14)27-4;3-1(5)2(4)6/h5-8H,9-10H2,1-4H3;5-8H,9-10H2,1-4H3,(H,24,25);. The zero-order valence-corrected chi connectivity index (χ0v) is 36.1. The van der Waals surface area contributed by atoms with Gasteiger partial charge in [-0.3, -0.25) is 42.7 Å². The lowest BCUT2D eigenvalue weighted by atomic mass is 9.75. The molecule has 60 heavy (non-hydrogen) atoms. The zero-order chi connectivity index (χ0) is 45.0. The third kappa shape index (κ3) is 10.1. The zero-order valence-electron chi connectivity index (χ0n) is 33.8. The largest absolute Gasteiger partial charge is 0.497 e. The van der Waals surface area contributed by atoms with E-state index in [1.807, 2.05) is 27.7 Å². The van der Waals surface area contributed by atoms with E-state index in [2.05, 4.69) is 23.2 Å². The summed E-state index contributed by atoms with van der Waals surface area (Å²) in [5.74, 6) is 0.0871. The lowest BCUT2D eigenvalue weighted by Gasteiger charge is -2.32. The molecule has 6 rings (SSSR count). The van der Waals surface area contributed by atoms with Gasteiger partial charge in [0.15, 0.2) is 11.6 Å². The maximum Gasteiger partial charge on any atom is 0.341 e. The van der Waals surface area contributed by atoms with E-state index >= 15 is 0 Å². The van der Waals surface area contributed by atoms with Crippen molar-refractivity contribution in [1.82, 2.24) is 9.13 Å². The van der Waals surface area contributed by atoms with Gasteiger partial charge >= 0.3 is 16.5 Å². The molecule has 0 unspecified atom stereocenters. The molecule has 0 aliphatic heterocycles. The number of carbonyl (C=O) groups excluding carboxylic acids is 5. The van der Waals surface area contributed by atoms with Gasteiger partial charge in [-0.25, -0.2) is 4.79 Å². The number of aromatic carboxylic acids is 1. The number of ether oxygens (including phenoxy) is 4. The van der Waals surface area contributed by atoms with E-state index in [0.29, 0.717) is 70.6 Å². The van der Waals surface area contributed by atoms with E-state index in [4.69, 9.17) is 30.5 Å². The molecule has 2 heterocycles. The molecule has 0 saturated carbocycles. The van der Waals surface area contributed by atoms with Crippen LogP contribution in [-0.4, -0.2) is 75.9 Å². The number of nitrogens with zero attached hydrogens (tertiary/aromatic N) is 2. The van der Waals surface area contributed by atoms with E-state index in [9.17, 15) is 43.5 Å².